The number of nitrogens with zero attached hydrogens (tertiary/aromatic N) is 2. The van der Waals surface area contributed by atoms with Crippen LogP contribution in [0.15, 0.2) is 36.4 Å². The molecule has 5 heteroatoms. The Morgan fingerprint density at radius 1 is 1.19 bits per heavy atom. The van der Waals surface area contributed by atoms with Gasteiger partial charge >= 0.3 is 0 Å². The molecule has 1 N–H and O–H groups in total. The summed E-state index contributed by atoms with van der Waals surface area (Å²) in [6.45, 7) is 0. The van der Waals surface area contributed by atoms with Crippen LogP contribution in [0, 0.1) is 0 Å². The molecule has 0 bridgehead atoms. The van der Waals surface area contributed by atoms with Crippen molar-refractivity contribution >= 4 is 5.91 Å². The topological polar surface area (TPSA) is 64.1 Å². The van der Waals surface area contributed by atoms with Crippen LogP contribution in [0.3, 0.4) is 0 Å². The molecule has 1 aliphatic carbocycles. The monoisotopic (exact) mass is 283 g/mol. The van der Waals surface area contributed by atoms with Gasteiger partial charge < -0.3 is 10.1 Å². The van der Waals surface area contributed by atoms with Crippen LogP contribution in [0.1, 0.15) is 29.6 Å². The van der Waals surface area contributed by atoms with Gasteiger partial charge in [0.15, 0.2) is 0 Å². The van der Waals surface area contributed by atoms with Gasteiger partial charge in [0.05, 0.1) is 12.8 Å². The summed E-state index contributed by atoms with van der Waals surface area (Å²) in [5.41, 5.74) is 2.07. The van der Waals surface area contributed by atoms with Crippen molar-refractivity contribution in [2.24, 2.45) is 0 Å². The van der Waals surface area contributed by atoms with Gasteiger partial charge in [-0.3, -0.25) is 4.79 Å². The van der Waals surface area contributed by atoms with E-state index in [-0.39, 0.29) is 5.91 Å². The van der Waals surface area contributed by atoms with Crippen LogP contribution in [-0.2, 0) is 0 Å². The molecular formula is C16H17N3O2. The summed E-state index contributed by atoms with van der Waals surface area (Å²) in [7, 11) is 1.55. The Labute approximate surface area is 123 Å². The number of hydrogen-bond acceptors (Lipinski definition) is 4. The summed E-state index contributed by atoms with van der Waals surface area (Å²) in [6.07, 6.45) is 3.32. The molecule has 0 aliphatic heterocycles. The molecule has 1 amide bonds. The van der Waals surface area contributed by atoms with Crippen molar-refractivity contribution in [2.45, 2.75) is 25.3 Å². The van der Waals surface area contributed by atoms with Crippen molar-refractivity contribution < 1.29 is 9.53 Å². The number of rotatable bonds is 4. The molecule has 1 fully saturated rings. The van der Waals surface area contributed by atoms with Gasteiger partial charge in [0.1, 0.15) is 0 Å². The van der Waals surface area contributed by atoms with E-state index in [2.05, 4.69) is 15.5 Å². The maximum atomic E-state index is 12.4. The zero-order chi connectivity index (χ0) is 14.7. The van der Waals surface area contributed by atoms with Crippen LogP contribution in [0.2, 0.25) is 0 Å². The van der Waals surface area contributed by atoms with Gasteiger partial charge in [-0.15, -0.1) is 10.2 Å². The lowest BCUT2D eigenvalue weighted by Crippen LogP contribution is -2.39. The Bertz CT molecular complexity index is 636. The summed E-state index contributed by atoms with van der Waals surface area (Å²) in [5.74, 6) is 0.406. The molecule has 2 aromatic rings. The number of hydrogen-bond donors (Lipinski definition) is 1. The summed E-state index contributed by atoms with van der Waals surface area (Å²) >= 11 is 0. The van der Waals surface area contributed by atoms with E-state index in [1.54, 1.807) is 19.2 Å². The summed E-state index contributed by atoms with van der Waals surface area (Å²) < 4.78 is 5.00. The highest BCUT2D eigenvalue weighted by atomic mass is 16.5. The van der Waals surface area contributed by atoms with Crippen LogP contribution in [0.25, 0.3) is 11.3 Å². The lowest BCUT2D eigenvalue weighted by Gasteiger charge is -2.26. The van der Waals surface area contributed by atoms with Crippen LogP contribution in [0.4, 0.5) is 0 Å². The lowest BCUT2D eigenvalue weighted by molar-refractivity contribution is 0.0917. The van der Waals surface area contributed by atoms with Crippen molar-refractivity contribution in [2.75, 3.05) is 7.11 Å². The molecule has 0 spiro atoms. The van der Waals surface area contributed by atoms with E-state index in [0.717, 1.165) is 18.4 Å². The largest absolute Gasteiger partial charge is 0.480 e. The van der Waals surface area contributed by atoms with Crippen molar-refractivity contribution in [1.29, 1.82) is 0 Å². The first-order chi connectivity index (χ1) is 10.3. The first-order valence-electron chi connectivity index (χ1n) is 7.06. The third kappa shape index (κ3) is 2.86. The number of carbonyl (C=O) groups is 1. The summed E-state index contributed by atoms with van der Waals surface area (Å²) in [4.78, 5) is 12.4. The Balaban J connectivity index is 1.88. The number of carbonyl (C=O) groups excluding carboxylic acids is 1. The zero-order valence-corrected chi connectivity index (χ0v) is 11.9. The summed E-state index contributed by atoms with van der Waals surface area (Å²) in [6, 6.07) is 11.3. The van der Waals surface area contributed by atoms with Crippen molar-refractivity contribution in [1.82, 2.24) is 15.5 Å². The molecule has 108 valence electrons. The van der Waals surface area contributed by atoms with Crippen molar-refractivity contribution in [3.63, 3.8) is 0 Å². The molecule has 3 rings (SSSR count). The highest BCUT2D eigenvalue weighted by Gasteiger charge is 2.21. The number of ether oxygens (including phenoxy) is 1. The predicted octanol–water partition coefficient (Wildman–Crippen LogP) is 2.43. The second-order valence-electron chi connectivity index (χ2n) is 5.11. The highest BCUT2D eigenvalue weighted by molar-refractivity contribution is 6.00. The molecule has 1 aromatic carbocycles. The van der Waals surface area contributed by atoms with E-state index >= 15 is 0 Å². The second kappa shape index (κ2) is 5.91. The molecule has 1 saturated carbocycles. The quantitative estimate of drug-likeness (QED) is 0.936. The molecule has 21 heavy (non-hydrogen) atoms. The van der Waals surface area contributed by atoms with E-state index in [1.165, 1.54) is 6.42 Å². The number of benzene rings is 1. The van der Waals surface area contributed by atoms with Gasteiger partial charge in [-0.25, -0.2) is 0 Å². The molecule has 0 atom stereocenters. The van der Waals surface area contributed by atoms with Crippen molar-refractivity contribution in [3.8, 4) is 17.1 Å². The van der Waals surface area contributed by atoms with Gasteiger partial charge in [-0.05, 0) is 31.4 Å². The van der Waals surface area contributed by atoms with E-state index in [4.69, 9.17) is 4.74 Å². The average Bonchev–Trinajstić information content (AvgIpc) is 2.51. The molecule has 0 unspecified atom stereocenters. The fraction of sp³-hybridized carbons (Fsp3) is 0.312. The van der Waals surface area contributed by atoms with E-state index in [0.29, 0.717) is 23.2 Å². The van der Waals surface area contributed by atoms with Gasteiger partial charge in [0, 0.05) is 23.2 Å². The first-order valence-corrected chi connectivity index (χ1v) is 7.06. The Morgan fingerprint density at radius 2 is 2.00 bits per heavy atom. The first kappa shape index (κ1) is 13.5. The minimum absolute atomic E-state index is 0.0482. The molecule has 1 heterocycles. The van der Waals surface area contributed by atoms with E-state index < -0.39 is 0 Å². The smallest absolute Gasteiger partial charge is 0.252 e. The fourth-order valence-electron chi connectivity index (χ4n) is 2.29. The maximum absolute atomic E-state index is 12.4. The number of methoxy groups -OCH3 is 1. The lowest BCUT2D eigenvalue weighted by atomic mass is 9.92. The Hall–Kier alpha value is -2.43. The van der Waals surface area contributed by atoms with Crippen LogP contribution < -0.4 is 10.1 Å². The van der Waals surface area contributed by atoms with Gasteiger partial charge in [-0.1, -0.05) is 18.2 Å². The zero-order valence-electron chi connectivity index (χ0n) is 11.9. The number of amides is 1. The minimum Gasteiger partial charge on any atom is -0.480 e. The SMILES string of the molecule is COc1ccc(-c2ccccc2C(=O)NC2CCC2)nn1. The number of nitrogens with one attached hydrogen (secondary N) is 1. The van der Waals surface area contributed by atoms with E-state index in [9.17, 15) is 4.79 Å². The third-order valence-electron chi connectivity index (χ3n) is 3.74. The molecule has 1 aromatic heterocycles. The molecular weight excluding hydrogens is 266 g/mol. The summed E-state index contributed by atoms with van der Waals surface area (Å²) in [5, 5.41) is 11.1. The fourth-order valence-corrected chi connectivity index (χ4v) is 2.29. The van der Waals surface area contributed by atoms with Crippen LogP contribution in [0.5, 0.6) is 5.88 Å². The molecule has 0 saturated heterocycles. The minimum atomic E-state index is -0.0482. The van der Waals surface area contributed by atoms with Crippen LogP contribution >= 0.6 is 0 Å². The normalized spacial score (nSPS) is 14.3. The third-order valence-corrected chi connectivity index (χ3v) is 3.74. The highest BCUT2D eigenvalue weighted by Crippen LogP contribution is 2.24. The van der Waals surface area contributed by atoms with Gasteiger partial charge in [0.25, 0.3) is 5.91 Å². The molecule has 1 aliphatic rings. The maximum Gasteiger partial charge on any atom is 0.252 e. The second-order valence-corrected chi connectivity index (χ2v) is 5.11. The van der Waals surface area contributed by atoms with Gasteiger partial charge in [-0.2, -0.15) is 0 Å². The van der Waals surface area contributed by atoms with Crippen molar-refractivity contribution in [3.05, 3.63) is 42.0 Å². The van der Waals surface area contributed by atoms with Gasteiger partial charge in [0.2, 0.25) is 5.88 Å². The van der Waals surface area contributed by atoms with E-state index in [1.807, 2.05) is 24.3 Å². The molecule has 0 radical (unpaired) electrons. The van der Waals surface area contributed by atoms with Crippen LogP contribution in [-0.4, -0.2) is 29.3 Å². The number of aromatic nitrogens is 2. The standard InChI is InChI=1S/C16H17N3O2/c1-21-15-10-9-14(18-19-15)12-7-2-3-8-13(12)16(20)17-11-5-4-6-11/h2-3,7-11H,4-6H2,1H3,(H,17,20). The Morgan fingerprint density at radius 3 is 2.62 bits per heavy atom. The predicted molar refractivity (Wildman–Crippen MR) is 79.1 cm³/mol. The Kier molecular flexibility index (Phi) is 3.81. The molecule has 5 nitrogen and oxygen atoms in total. The average molecular weight is 283 g/mol.